The number of benzene rings is 3. The molecule has 0 saturated heterocycles. The van der Waals surface area contributed by atoms with Crippen LogP contribution in [0.25, 0.3) is 0 Å². The Labute approximate surface area is 159 Å². The second-order valence-corrected chi connectivity index (χ2v) is 6.42. The topological polar surface area (TPSA) is 47.6 Å². The normalized spacial score (nSPS) is 10.5. The molecule has 0 spiro atoms. The summed E-state index contributed by atoms with van der Waals surface area (Å²) < 4.78 is 11.5. The van der Waals surface area contributed by atoms with E-state index in [0.29, 0.717) is 23.6 Å². The van der Waals surface area contributed by atoms with Crippen LogP contribution in [0.15, 0.2) is 78.9 Å². The third-order valence-electron chi connectivity index (χ3n) is 3.85. The van der Waals surface area contributed by atoms with Gasteiger partial charge in [-0.15, -0.1) is 0 Å². The maximum atomic E-state index is 12.7. The van der Waals surface area contributed by atoms with Crippen molar-refractivity contribution in [2.45, 2.75) is 26.6 Å². The fraction of sp³-hybridized carbons (Fsp3) is 0.174. The number of ether oxygens (including phenoxy) is 2. The number of nitrogens with one attached hydrogen (secondary N) is 1. The molecule has 0 aromatic heterocycles. The van der Waals surface area contributed by atoms with Gasteiger partial charge in [-0.2, -0.15) is 0 Å². The molecule has 0 bridgehead atoms. The number of hydrogen-bond acceptors (Lipinski definition) is 3. The Kier molecular flexibility index (Phi) is 6.10. The van der Waals surface area contributed by atoms with Crippen molar-refractivity contribution < 1.29 is 14.3 Å². The predicted molar refractivity (Wildman–Crippen MR) is 107 cm³/mol. The third-order valence-corrected chi connectivity index (χ3v) is 3.85. The van der Waals surface area contributed by atoms with Crippen LogP contribution in [0.3, 0.4) is 0 Å². The zero-order chi connectivity index (χ0) is 19.1. The van der Waals surface area contributed by atoms with Gasteiger partial charge < -0.3 is 14.8 Å². The maximum Gasteiger partial charge on any atom is 0.259 e. The van der Waals surface area contributed by atoms with Crippen molar-refractivity contribution in [1.29, 1.82) is 0 Å². The first kappa shape index (κ1) is 18.5. The number of amides is 1. The minimum Gasteiger partial charge on any atom is -0.491 e. The average molecular weight is 361 g/mol. The van der Waals surface area contributed by atoms with Gasteiger partial charge in [-0.3, -0.25) is 4.79 Å². The molecule has 0 aliphatic carbocycles. The Morgan fingerprint density at radius 2 is 1.56 bits per heavy atom. The van der Waals surface area contributed by atoms with E-state index in [1.165, 1.54) is 0 Å². The van der Waals surface area contributed by atoms with Crippen LogP contribution in [0.1, 0.15) is 29.8 Å². The molecular formula is C23H23NO3. The minimum atomic E-state index is -0.212. The Morgan fingerprint density at radius 1 is 0.889 bits per heavy atom. The highest BCUT2D eigenvalue weighted by molar-refractivity contribution is 6.06. The largest absolute Gasteiger partial charge is 0.491 e. The fourth-order valence-corrected chi connectivity index (χ4v) is 2.60. The lowest BCUT2D eigenvalue weighted by molar-refractivity contribution is 0.102. The molecule has 0 unspecified atom stereocenters. The van der Waals surface area contributed by atoms with Crippen LogP contribution in [0.5, 0.6) is 11.5 Å². The molecule has 0 fully saturated rings. The number of anilines is 1. The monoisotopic (exact) mass is 361 g/mol. The number of para-hydroxylation sites is 1. The lowest BCUT2D eigenvalue weighted by atomic mass is 10.1. The van der Waals surface area contributed by atoms with Crippen molar-refractivity contribution in [3.8, 4) is 11.5 Å². The molecular weight excluding hydrogens is 338 g/mol. The van der Waals surface area contributed by atoms with Gasteiger partial charge in [0.15, 0.2) is 0 Å². The summed E-state index contributed by atoms with van der Waals surface area (Å²) in [5, 5.41) is 2.90. The van der Waals surface area contributed by atoms with E-state index in [0.717, 1.165) is 11.3 Å². The standard InChI is InChI=1S/C23H23NO3/c1-17(2)27-20-14-12-19(13-15-20)24-23(25)21-10-6-7-11-22(21)26-16-18-8-4-3-5-9-18/h3-15,17H,16H2,1-2H3,(H,24,25). The van der Waals surface area contributed by atoms with Crippen molar-refractivity contribution in [2.75, 3.05) is 5.32 Å². The zero-order valence-corrected chi connectivity index (χ0v) is 15.5. The molecule has 1 N–H and O–H groups in total. The van der Waals surface area contributed by atoms with Crippen molar-refractivity contribution in [3.63, 3.8) is 0 Å². The fourth-order valence-electron chi connectivity index (χ4n) is 2.60. The second kappa shape index (κ2) is 8.90. The van der Waals surface area contributed by atoms with Crippen LogP contribution in [0.2, 0.25) is 0 Å². The molecule has 0 aliphatic rings. The van der Waals surface area contributed by atoms with Crippen LogP contribution in [-0.2, 0) is 6.61 Å². The molecule has 0 heterocycles. The summed E-state index contributed by atoms with van der Waals surface area (Å²) in [6, 6.07) is 24.4. The number of carbonyl (C=O) groups is 1. The van der Waals surface area contributed by atoms with Crippen molar-refractivity contribution >= 4 is 11.6 Å². The Morgan fingerprint density at radius 3 is 2.26 bits per heavy atom. The smallest absolute Gasteiger partial charge is 0.259 e. The first-order valence-electron chi connectivity index (χ1n) is 8.95. The molecule has 0 saturated carbocycles. The minimum absolute atomic E-state index is 0.110. The third kappa shape index (κ3) is 5.35. The van der Waals surface area contributed by atoms with E-state index >= 15 is 0 Å². The molecule has 138 valence electrons. The molecule has 0 aliphatic heterocycles. The molecule has 0 radical (unpaired) electrons. The Hall–Kier alpha value is -3.27. The van der Waals surface area contributed by atoms with Crippen LogP contribution in [0, 0.1) is 0 Å². The highest BCUT2D eigenvalue weighted by atomic mass is 16.5. The first-order valence-corrected chi connectivity index (χ1v) is 8.95. The summed E-state index contributed by atoms with van der Waals surface area (Å²) >= 11 is 0. The van der Waals surface area contributed by atoms with Gasteiger partial charge in [0.1, 0.15) is 18.1 Å². The summed E-state index contributed by atoms with van der Waals surface area (Å²) in [6.07, 6.45) is 0.110. The van der Waals surface area contributed by atoms with E-state index in [2.05, 4.69) is 5.32 Å². The highest BCUT2D eigenvalue weighted by Gasteiger charge is 2.12. The predicted octanol–water partition coefficient (Wildman–Crippen LogP) is 5.31. The van der Waals surface area contributed by atoms with Gasteiger partial charge in [0.25, 0.3) is 5.91 Å². The van der Waals surface area contributed by atoms with E-state index in [9.17, 15) is 4.79 Å². The molecule has 3 rings (SSSR count). The molecule has 0 atom stereocenters. The van der Waals surface area contributed by atoms with E-state index in [1.54, 1.807) is 12.1 Å². The summed E-state index contributed by atoms with van der Waals surface area (Å²) in [5.41, 5.74) is 2.25. The highest BCUT2D eigenvalue weighted by Crippen LogP contribution is 2.22. The van der Waals surface area contributed by atoms with Crippen LogP contribution < -0.4 is 14.8 Å². The van der Waals surface area contributed by atoms with Crippen LogP contribution >= 0.6 is 0 Å². The van der Waals surface area contributed by atoms with Crippen LogP contribution in [-0.4, -0.2) is 12.0 Å². The van der Waals surface area contributed by atoms with Gasteiger partial charge in [0, 0.05) is 5.69 Å². The molecule has 27 heavy (non-hydrogen) atoms. The summed E-state index contributed by atoms with van der Waals surface area (Å²) in [6.45, 7) is 4.36. The van der Waals surface area contributed by atoms with Gasteiger partial charge in [0.2, 0.25) is 0 Å². The summed E-state index contributed by atoms with van der Waals surface area (Å²) in [7, 11) is 0. The summed E-state index contributed by atoms with van der Waals surface area (Å²) in [5.74, 6) is 1.12. The van der Waals surface area contributed by atoms with Gasteiger partial charge in [-0.25, -0.2) is 0 Å². The van der Waals surface area contributed by atoms with Gasteiger partial charge in [-0.1, -0.05) is 42.5 Å². The Balaban J connectivity index is 1.67. The lowest BCUT2D eigenvalue weighted by Gasteiger charge is -2.13. The molecule has 3 aromatic carbocycles. The van der Waals surface area contributed by atoms with Crippen LogP contribution in [0.4, 0.5) is 5.69 Å². The van der Waals surface area contributed by atoms with Crippen molar-refractivity contribution in [3.05, 3.63) is 90.0 Å². The average Bonchev–Trinajstić information content (AvgIpc) is 2.68. The number of hydrogen-bond donors (Lipinski definition) is 1. The first-order chi connectivity index (χ1) is 13.1. The van der Waals surface area contributed by atoms with Gasteiger partial charge >= 0.3 is 0 Å². The molecule has 4 heteroatoms. The molecule has 3 aromatic rings. The summed E-state index contributed by atoms with van der Waals surface area (Å²) in [4.78, 5) is 12.7. The number of carbonyl (C=O) groups excluding carboxylic acids is 1. The van der Waals surface area contributed by atoms with E-state index in [4.69, 9.17) is 9.47 Å². The molecule has 1 amide bonds. The SMILES string of the molecule is CC(C)Oc1ccc(NC(=O)c2ccccc2OCc2ccccc2)cc1. The molecule has 4 nitrogen and oxygen atoms in total. The quantitative estimate of drug-likeness (QED) is 0.621. The lowest BCUT2D eigenvalue weighted by Crippen LogP contribution is -2.13. The van der Waals surface area contributed by atoms with Gasteiger partial charge in [-0.05, 0) is 55.8 Å². The van der Waals surface area contributed by atoms with E-state index in [1.807, 2.05) is 80.6 Å². The number of rotatable bonds is 7. The van der Waals surface area contributed by atoms with Crippen molar-refractivity contribution in [2.24, 2.45) is 0 Å². The zero-order valence-electron chi connectivity index (χ0n) is 15.5. The second-order valence-electron chi connectivity index (χ2n) is 6.42. The van der Waals surface area contributed by atoms with Crippen molar-refractivity contribution in [1.82, 2.24) is 0 Å². The van der Waals surface area contributed by atoms with Gasteiger partial charge in [0.05, 0.1) is 11.7 Å². The maximum absolute atomic E-state index is 12.7. The Bertz CT molecular complexity index is 874. The van der Waals surface area contributed by atoms with E-state index in [-0.39, 0.29) is 12.0 Å². The van der Waals surface area contributed by atoms with E-state index < -0.39 is 0 Å².